The third kappa shape index (κ3) is 5.22. The van der Waals surface area contributed by atoms with E-state index in [4.69, 9.17) is 4.74 Å². The molecule has 2 aromatic carbocycles. The van der Waals surface area contributed by atoms with Crippen LogP contribution < -0.4 is 0 Å². The van der Waals surface area contributed by atoms with Crippen molar-refractivity contribution in [2.24, 2.45) is 0 Å². The first-order valence-electron chi connectivity index (χ1n) is 8.98. The molecular formula is C20H18N2O7S. The zero-order valence-electron chi connectivity index (χ0n) is 15.7. The fraction of sp³-hybridized carbons (Fsp3) is 0.250. The van der Waals surface area contributed by atoms with Crippen LogP contribution in [0.2, 0.25) is 0 Å². The van der Waals surface area contributed by atoms with Crippen LogP contribution >= 0.6 is 11.8 Å². The molecule has 30 heavy (non-hydrogen) atoms. The lowest BCUT2D eigenvalue weighted by Crippen LogP contribution is -2.59. The molecular weight excluding hydrogens is 412 g/mol. The number of amides is 1. The summed E-state index contributed by atoms with van der Waals surface area (Å²) in [5, 5.41) is 20.0. The van der Waals surface area contributed by atoms with Gasteiger partial charge in [-0.1, -0.05) is 42.1 Å². The summed E-state index contributed by atoms with van der Waals surface area (Å²) in [4.78, 5) is 47.2. The molecule has 0 aliphatic carbocycles. The van der Waals surface area contributed by atoms with E-state index in [2.05, 4.69) is 0 Å². The van der Waals surface area contributed by atoms with Crippen LogP contribution in [0.15, 0.2) is 54.6 Å². The highest BCUT2D eigenvalue weighted by Gasteiger charge is 2.45. The lowest BCUT2D eigenvalue weighted by atomic mass is 10.2. The van der Waals surface area contributed by atoms with Gasteiger partial charge in [0.1, 0.15) is 6.61 Å². The number of hydrogen-bond donors (Lipinski definition) is 1. The summed E-state index contributed by atoms with van der Waals surface area (Å²) in [5.41, 5.74) is 1.21. The minimum Gasteiger partial charge on any atom is -0.457 e. The molecule has 1 N–H and O–H groups in total. The normalized spacial score (nSPS) is 16.5. The fourth-order valence-corrected chi connectivity index (χ4v) is 3.93. The topological polar surface area (TPSA) is 127 Å². The second kappa shape index (κ2) is 9.51. The third-order valence-electron chi connectivity index (χ3n) is 4.41. The SMILES string of the molecule is O=C(Cc1ccccc1)S[C@@H]1CC(=O)N1C(O)C(=O)OCc1ccc([N+](=O)[O-])cc1. The molecule has 1 aliphatic rings. The molecule has 3 rings (SSSR count). The van der Waals surface area contributed by atoms with Gasteiger partial charge in [-0.15, -0.1) is 0 Å². The number of rotatable bonds is 8. The molecule has 1 aliphatic heterocycles. The van der Waals surface area contributed by atoms with Crippen molar-refractivity contribution in [2.75, 3.05) is 0 Å². The van der Waals surface area contributed by atoms with E-state index in [1.165, 1.54) is 24.3 Å². The summed E-state index contributed by atoms with van der Waals surface area (Å²) in [7, 11) is 0. The zero-order valence-corrected chi connectivity index (χ0v) is 16.5. The van der Waals surface area contributed by atoms with Crippen LogP contribution in [0.1, 0.15) is 17.5 Å². The Hall–Kier alpha value is -3.24. The van der Waals surface area contributed by atoms with Crippen molar-refractivity contribution in [3.63, 3.8) is 0 Å². The number of aliphatic hydroxyl groups is 1. The van der Waals surface area contributed by atoms with E-state index in [1.807, 2.05) is 30.3 Å². The highest BCUT2D eigenvalue weighted by Crippen LogP contribution is 2.32. The predicted octanol–water partition coefficient (Wildman–Crippen LogP) is 2.02. The lowest BCUT2D eigenvalue weighted by molar-refractivity contribution is -0.384. The van der Waals surface area contributed by atoms with Crippen molar-refractivity contribution in [2.45, 2.75) is 31.1 Å². The van der Waals surface area contributed by atoms with Crippen molar-refractivity contribution in [1.82, 2.24) is 4.90 Å². The Labute approximate surface area is 175 Å². The van der Waals surface area contributed by atoms with Gasteiger partial charge in [-0.25, -0.2) is 4.79 Å². The van der Waals surface area contributed by atoms with E-state index in [-0.39, 0.29) is 30.3 Å². The number of carbonyl (C=O) groups is 3. The van der Waals surface area contributed by atoms with Gasteiger partial charge >= 0.3 is 5.97 Å². The summed E-state index contributed by atoms with van der Waals surface area (Å²) in [6.45, 7) is -0.222. The second-order valence-corrected chi connectivity index (χ2v) is 7.75. The first kappa shape index (κ1) is 21.5. The monoisotopic (exact) mass is 430 g/mol. The van der Waals surface area contributed by atoms with Gasteiger partial charge in [0.05, 0.1) is 16.7 Å². The minimum absolute atomic E-state index is 0.0396. The molecule has 2 aromatic rings. The van der Waals surface area contributed by atoms with Gasteiger partial charge < -0.3 is 9.84 Å². The molecule has 0 bridgehead atoms. The number of nitro benzene ring substituents is 1. The van der Waals surface area contributed by atoms with Crippen molar-refractivity contribution in [3.05, 3.63) is 75.8 Å². The highest BCUT2D eigenvalue weighted by molar-refractivity contribution is 8.14. The quantitative estimate of drug-likeness (QED) is 0.292. The average molecular weight is 430 g/mol. The first-order chi connectivity index (χ1) is 14.3. The van der Waals surface area contributed by atoms with Gasteiger partial charge in [0.15, 0.2) is 5.12 Å². The van der Waals surface area contributed by atoms with Gasteiger partial charge in [0.2, 0.25) is 12.1 Å². The standard InChI is InChI=1S/C20H18N2O7S/c23-16-11-17(30-18(24)10-13-4-2-1-3-5-13)21(16)19(25)20(26)29-12-14-6-8-15(9-7-14)22(27)28/h1-9,17,19,25H,10-12H2/t17-,19?/m1/s1. The summed E-state index contributed by atoms with van der Waals surface area (Å²) in [6, 6.07) is 14.5. The molecule has 156 valence electrons. The smallest absolute Gasteiger partial charge is 0.356 e. The molecule has 2 atom stereocenters. The first-order valence-corrected chi connectivity index (χ1v) is 9.85. The maximum Gasteiger partial charge on any atom is 0.356 e. The van der Waals surface area contributed by atoms with Crippen LogP contribution in [-0.4, -0.2) is 43.5 Å². The number of non-ortho nitro benzene ring substituents is 1. The van der Waals surface area contributed by atoms with Gasteiger partial charge in [-0.3, -0.25) is 24.6 Å². The van der Waals surface area contributed by atoms with E-state index in [1.54, 1.807) is 0 Å². The van der Waals surface area contributed by atoms with Crippen molar-refractivity contribution in [3.8, 4) is 0 Å². The van der Waals surface area contributed by atoms with E-state index in [0.29, 0.717) is 5.56 Å². The van der Waals surface area contributed by atoms with Crippen LogP contribution in [-0.2, 0) is 32.1 Å². The van der Waals surface area contributed by atoms with Crippen molar-refractivity contribution in [1.29, 1.82) is 0 Å². The number of carbonyl (C=O) groups excluding carboxylic acids is 3. The second-order valence-electron chi connectivity index (χ2n) is 6.52. The summed E-state index contributed by atoms with van der Waals surface area (Å²) in [6.07, 6.45) is -1.62. The number of thioether (sulfide) groups is 1. The van der Waals surface area contributed by atoms with Crippen molar-refractivity contribution >= 4 is 34.4 Å². The number of hydrogen-bond acceptors (Lipinski definition) is 8. The number of benzene rings is 2. The Morgan fingerprint density at radius 3 is 2.43 bits per heavy atom. The Morgan fingerprint density at radius 2 is 1.83 bits per heavy atom. The molecule has 0 aromatic heterocycles. The number of likely N-dealkylation sites (tertiary alicyclic amines) is 1. The van der Waals surface area contributed by atoms with Crippen LogP contribution in [0.5, 0.6) is 0 Å². The molecule has 0 saturated carbocycles. The van der Waals surface area contributed by atoms with Gasteiger partial charge in [-0.05, 0) is 23.3 Å². The average Bonchev–Trinajstić information content (AvgIpc) is 2.72. The largest absolute Gasteiger partial charge is 0.457 e. The molecule has 1 amide bonds. The molecule has 10 heteroatoms. The van der Waals surface area contributed by atoms with Gasteiger partial charge in [-0.2, -0.15) is 0 Å². The Kier molecular flexibility index (Phi) is 6.80. The molecule has 1 unspecified atom stereocenters. The van der Waals surface area contributed by atoms with Crippen molar-refractivity contribution < 1.29 is 29.2 Å². The van der Waals surface area contributed by atoms with Gasteiger partial charge in [0, 0.05) is 18.6 Å². The zero-order chi connectivity index (χ0) is 21.7. The van der Waals surface area contributed by atoms with E-state index in [0.717, 1.165) is 22.2 Å². The number of nitro groups is 1. The number of nitrogens with zero attached hydrogens (tertiary/aromatic N) is 2. The fourth-order valence-electron chi connectivity index (χ4n) is 2.81. The molecule has 9 nitrogen and oxygen atoms in total. The Bertz CT molecular complexity index is 949. The Balaban J connectivity index is 1.51. The van der Waals surface area contributed by atoms with E-state index in [9.17, 15) is 29.6 Å². The maximum atomic E-state index is 12.2. The lowest BCUT2D eigenvalue weighted by Gasteiger charge is -2.41. The minimum atomic E-state index is -1.83. The van der Waals surface area contributed by atoms with Crippen LogP contribution in [0.3, 0.4) is 0 Å². The summed E-state index contributed by atoms with van der Waals surface area (Å²) in [5.74, 6) is -1.50. The van der Waals surface area contributed by atoms with E-state index < -0.39 is 28.4 Å². The molecule has 0 spiro atoms. The Morgan fingerprint density at radius 1 is 1.17 bits per heavy atom. The predicted molar refractivity (Wildman–Crippen MR) is 107 cm³/mol. The third-order valence-corrected chi connectivity index (χ3v) is 5.48. The molecule has 1 saturated heterocycles. The number of aliphatic hydroxyl groups excluding tert-OH is 1. The number of β-lactam (4-membered cyclic amide) rings is 1. The summed E-state index contributed by atoms with van der Waals surface area (Å²) >= 11 is 0.892. The maximum absolute atomic E-state index is 12.2. The highest BCUT2D eigenvalue weighted by atomic mass is 32.2. The molecule has 1 heterocycles. The molecule has 1 fully saturated rings. The van der Waals surface area contributed by atoms with Gasteiger partial charge in [0.25, 0.3) is 5.69 Å². The summed E-state index contributed by atoms with van der Waals surface area (Å²) < 4.78 is 5.00. The molecule has 0 radical (unpaired) electrons. The van der Waals surface area contributed by atoms with Crippen LogP contribution in [0.4, 0.5) is 5.69 Å². The number of ether oxygens (including phenoxy) is 1. The van der Waals surface area contributed by atoms with Crippen LogP contribution in [0, 0.1) is 10.1 Å². The van der Waals surface area contributed by atoms with Crippen LogP contribution in [0.25, 0.3) is 0 Å². The van der Waals surface area contributed by atoms with E-state index >= 15 is 0 Å². The number of esters is 1.